The number of fused-ring (bicyclic) bond motifs is 1. The van der Waals surface area contributed by atoms with Crippen LogP contribution in [0.2, 0.25) is 10.0 Å². The molecule has 0 fully saturated rings. The Morgan fingerprint density at radius 2 is 1.74 bits per heavy atom. The highest BCUT2D eigenvalue weighted by Gasteiger charge is 2.10. The first-order valence-corrected chi connectivity index (χ1v) is 8.70. The number of aromatic nitrogens is 1. The van der Waals surface area contributed by atoms with E-state index in [0.717, 1.165) is 10.9 Å². The second-order valence-electron chi connectivity index (χ2n) is 4.88. The largest absolute Gasteiger partial charge is 0.288 e. The minimum Gasteiger partial charge on any atom is -0.288 e. The molecule has 0 aliphatic carbocycles. The lowest BCUT2D eigenvalue weighted by molar-refractivity contribution is 0.689. The van der Waals surface area contributed by atoms with Crippen molar-refractivity contribution in [3.63, 3.8) is 0 Å². The molecule has 1 aromatic heterocycles. The van der Waals surface area contributed by atoms with E-state index in [1.165, 1.54) is 0 Å². The Balaban J connectivity index is 1.86. The van der Waals surface area contributed by atoms with Gasteiger partial charge in [-0.05, 0) is 48.9 Å². The third-order valence-corrected chi connectivity index (χ3v) is 4.94. The second-order valence-corrected chi connectivity index (χ2v) is 6.64. The molecular weight excluding hydrogens is 353 g/mol. The van der Waals surface area contributed by atoms with E-state index >= 15 is 0 Å². The first-order valence-electron chi connectivity index (χ1n) is 6.79. The van der Waals surface area contributed by atoms with Crippen LogP contribution >= 0.6 is 23.2 Å². The lowest BCUT2D eigenvalue weighted by Gasteiger charge is -2.12. The van der Waals surface area contributed by atoms with Crippen molar-refractivity contribution in [3.05, 3.63) is 64.3 Å². The number of anilines is 2. The van der Waals surface area contributed by atoms with Crippen LogP contribution in [0.25, 0.3) is 10.9 Å². The fourth-order valence-corrected chi connectivity index (χ4v) is 3.39. The first-order chi connectivity index (χ1) is 11.1. The summed E-state index contributed by atoms with van der Waals surface area (Å²) in [5.74, 6) is 0. The minimum absolute atomic E-state index is 0.600. The van der Waals surface area contributed by atoms with Crippen molar-refractivity contribution < 1.29 is 4.21 Å². The van der Waals surface area contributed by atoms with Gasteiger partial charge in [0, 0.05) is 16.6 Å². The van der Waals surface area contributed by atoms with Gasteiger partial charge in [0.25, 0.3) is 0 Å². The molecule has 0 amide bonds. The molecule has 2 N–H and O–H groups in total. The maximum Gasteiger partial charge on any atom is 0.220 e. The number of benzene rings is 2. The van der Waals surface area contributed by atoms with E-state index in [1.54, 1.807) is 30.5 Å². The van der Waals surface area contributed by atoms with Gasteiger partial charge >= 0.3 is 0 Å². The Morgan fingerprint density at radius 3 is 2.57 bits per heavy atom. The fraction of sp³-hybridized carbons (Fsp3) is 0.0625. The SMILES string of the molecule is Cc1c(Cl)cccc1NS(=O)Nc1ccc(Cl)c2cccnc12. The summed E-state index contributed by atoms with van der Waals surface area (Å²) in [5.41, 5.74) is 2.84. The summed E-state index contributed by atoms with van der Waals surface area (Å²) in [6, 6.07) is 12.6. The molecule has 2 aromatic carbocycles. The molecule has 0 saturated carbocycles. The van der Waals surface area contributed by atoms with E-state index < -0.39 is 11.2 Å². The third kappa shape index (κ3) is 3.42. The fourth-order valence-electron chi connectivity index (χ4n) is 2.16. The van der Waals surface area contributed by atoms with Gasteiger partial charge in [-0.15, -0.1) is 0 Å². The van der Waals surface area contributed by atoms with E-state index in [4.69, 9.17) is 23.2 Å². The normalized spacial score (nSPS) is 12.1. The Hall–Kier alpha value is -1.82. The van der Waals surface area contributed by atoms with Gasteiger partial charge in [-0.2, -0.15) is 0 Å². The second kappa shape index (κ2) is 6.74. The number of nitrogens with one attached hydrogen (secondary N) is 2. The van der Waals surface area contributed by atoms with E-state index in [2.05, 4.69) is 14.4 Å². The molecule has 7 heteroatoms. The van der Waals surface area contributed by atoms with Crippen molar-refractivity contribution in [1.29, 1.82) is 0 Å². The van der Waals surface area contributed by atoms with Gasteiger partial charge in [0.2, 0.25) is 11.2 Å². The van der Waals surface area contributed by atoms with Crippen LogP contribution in [-0.2, 0) is 11.2 Å². The number of pyridine rings is 1. The lowest BCUT2D eigenvalue weighted by atomic mass is 10.2. The smallest absolute Gasteiger partial charge is 0.220 e. The van der Waals surface area contributed by atoms with Crippen molar-refractivity contribution in [2.45, 2.75) is 6.92 Å². The van der Waals surface area contributed by atoms with E-state index in [1.807, 2.05) is 25.1 Å². The van der Waals surface area contributed by atoms with E-state index in [0.29, 0.717) is 26.9 Å². The minimum atomic E-state index is -1.54. The highest BCUT2D eigenvalue weighted by Crippen LogP contribution is 2.29. The Kier molecular flexibility index (Phi) is 4.71. The van der Waals surface area contributed by atoms with Crippen LogP contribution in [0.5, 0.6) is 0 Å². The summed E-state index contributed by atoms with van der Waals surface area (Å²) in [4.78, 5) is 4.30. The molecule has 0 spiro atoms. The maximum absolute atomic E-state index is 12.4. The van der Waals surface area contributed by atoms with Crippen LogP contribution < -0.4 is 9.44 Å². The number of nitrogens with zero attached hydrogens (tertiary/aromatic N) is 1. The Bertz CT molecular complexity index is 902. The monoisotopic (exact) mass is 365 g/mol. The van der Waals surface area contributed by atoms with Crippen LogP contribution in [0, 0.1) is 6.92 Å². The molecule has 118 valence electrons. The van der Waals surface area contributed by atoms with Crippen molar-refractivity contribution in [1.82, 2.24) is 4.98 Å². The Morgan fingerprint density at radius 1 is 0.957 bits per heavy atom. The van der Waals surface area contributed by atoms with Gasteiger partial charge in [-0.25, -0.2) is 4.21 Å². The molecule has 4 nitrogen and oxygen atoms in total. The van der Waals surface area contributed by atoms with Gasteiger partial charge in [0.05, 0.1) is 21.9 Å². The number of hydrogen-bond donors (Lipinski definition) is 2. The summed E-state index contributed by atoms with van der Waals surface area (Å²) >= 11 is 10.7. The van der Waals surface area contributed by atoms with Crippen LogP contribution in [0.15, 0.2) is 48.7 Å². The molecule has 0 aliphatic rings. The zero-order valence-corrected chi connectivity index (χ0v) is 14.5. The molecular formula is C16H13Cl2N3OS. The van der Waals surface area contributed by atoms with Crippen molar-refractivity contribution >= 4 is 56.7 Å². The molecule has 3 rings (SSSR count). The molecule has 0 radical (unpaired) electrons. The lowest BCUT2D eigenvalue weighted by Crippen LogP contribution is -2.14. The summed E-state index contributed by atoms with van der Waals surface area (Å²) < 4.78 is 18.2. The average molecular weight is 366 g/mol. The van der Waals surface area contributed by atoms with Gasteiger partial charge in [0.15, 0.2) is 0 Å². The predicted molar refractivity (Wildman–Crippen MR) is 98.3 cm³/mol. The standard InChI is InChI=1S/C16H13Cl2N3OS/c1-10-12(17)5-2-6-14(10)20-23(22)21-15-8-7-13(18)11-4-3-9-19-16(11)15/h2-9,20-21H,1H3. The molecule has 0 bridgehead atoms. The molecule has 1 heterocycles. The quantitative estimate of drug-likeness (QED) is 0.686. The average Bonchev–Trinajstić information content (AvgIpc) is 2.55. The number of hydrogen-bond acceptors (Lipinski definition) is 2. The summed E-state index contributed by atoms with van der Waals surface area (Å²) in [7, 11) is 0. The van der Waals surface area contributed by atoms with Crippen molar-refractivity contribution in [2.24, 2.45) is 0 Å². The molecule has 1 unspecified atom stereocenters. The highest BCUT2D eigenvalue weighted by molar-refractivity contribution is 7.87. The summed E-state index contributed by atoms with van der Waals surface area (Å²) in [6.45, 7) is 1.86. The zero-order valence-electron chi connectivity index (χ0n) is 12.1. The van der Waals surface area contributed by atoms with E-state index in [-0.39, 0.29) is 0 Å². The van der Waals surface area contributed by atoms with Crippen LogP contribution in [0.4, 0.5) is 11.4 Å². The number of halogens is 2. The zero-order chi connectivity index (χ0) is 16.4. The first kappa shape index (κ1) is 16.1. The van der Waals surface area contributed by atoms with Gasteiger partial charge in [0.1, 0.15) is 0 Å². The van der Waals surface area contributed by atoms with Gasteiger partial charge in [-0.3, -0.25) is 14.4 Å². The molecule has 0 aliphatic heterocycles. The summed E-state index contributed by atoms with van der Waals surface area (Å²) in [5, 5.41) is 2.02. The molecule has 1 atom stereocenters. The Labute approximate surface area is 146 Å². The van der Waals surface area contributed by atoms with Crippen LogP contribution in [0.3, 0.4) is 0 Å². The number of rotatable bonds is 4. The van der Waals surface area contributed by atoms with Crippen molar-refractivity contribution in [2.75, 3.05) is 9.44 Å². The summed E-state index contributed by atoms with van der Waals surface area (Å²) in [6.07, 6.45) is 1.67. The van der Waals surface area contributed by atoms with Crippen molar-refractivity contribution in [3.8, 4) is 0 Å². The topological polar surface area (TPSA) is 54.0 Å². The van der Waals surface area contributed by atoms with Crippen LogP contribution in [-0.4, -0.2) is 9.19 Å². The molecule has 3 aromatic rings. The third-order valence-electron chi connectivity index (χ3n) is 3.39. The molecule has 23 heavy (non-hydrogen) atoms. The molecule has 0 saturated heterocycles. The van der Waals surface area contributed by atoms with Crippen LogP contribution in [0.1, 0.15) is 5.56 Å². The maximum atomic E-state index is 12.4. The highest BCUT2D eigenvalue weighted by atomic mass is 35.5. The van der Waals surface area contributed by atoms with Gasteiger partial charge < -0.3 is 0 Å². The van der Waals surface area contributed by atoms with E-state index in [9.17, 15) is 4.21 Å². The van der Waals surface area contributed by atoms with Gasteiger partial charge in [-0.1, -0.05) is 29.3 Å². The predicted octanol–water partition coefficient (Wildman–Crippen LogP) is 4.95.